The second-order valence-electron chi connectivity index (χ2n) is 3.86. The van der Waals surface area contributed by atoms with Gasteiger partial charge in [0.2, 0.25) is 5.95 Å². The lowest BCUT2D eigenvalue weighted by atomic mass is 10.2. The van der Waals surface area contributed by atoms with Crippen LogP contribution in [0.5, 0.6) is 0 Å². The summed E-state index contributed by atoms with van der Waals surface area (Å²) in [5, 5.41) is 0. The van der Waals surface area contributed by atoms with Crippen LogP contribution in [0.4, 0.5) is 11.8 Å². The molecule has 1 aromatic heterocycles. The Labute approximate surface area is 91.5 Å². The van der Waals surface area contributed by atoms with E-state index in [0.29, 0.717) is 5.95 Å². The van der Waals surface area contributed by atoms with Crippen LogP contribution in [0.25, 0.3) is 0 Å². The van der Waals surface area contributed by atoms with Crippen molar-refractivity contribution in [3.05, 3.63) is 11.8 Å². The van der Waals surface area contributed by atoms with Gasteiger partial charge < -0.3 is 10.6 Å². The van der Waals surface area contributed by atoms with E-state index >= 15 is 0 Å². The maximum absolute atomic E-state index is 5.57. The van der Waals surface area contributed by atoms with Crippen LogP contribution in [0.15, 0.2) is 6.20 Å². The molecule has 15 heavy (non-hydrogen) atoms. The van der Waals surface area contributed by atoms with Crippen LogP contribution in [0.2, 0.25) is 0 Å². The number of nitrogen functional groups attached to an aromatic ring is 1. The first-order valence-electron chi connectivity index (χ1n) is 5.45. The van der Waals surface area contributed by atoms with Crippen LogP contribution in [-0.2, 0) is 0 Å². The van der Waals surface area contributed by atoms with Crippen molar-refractivity contribution in [3.8, 4) is 0 Å². The topological polar surface area (TPSA) is 55.0 Å². The number of aryl methyl sites for hydroxylation is 1. The molecule has 1 rings (SSSR count). The summed E-state index contributed by atoms with van der Waals surface area (Å²) in [5.41, 5.74) is 6.64. The number of anilines is 2. The first kappa shape index (κ1) is 11.8. The Kier molecular flexibility index (Phi) is 4.34. The Balaban J connectivity index is 2.64. The molecule has 0 aliphatic rings. The van der Waals surface area contributed by atoms with E-state index in [-0.39, 0.29) is 0 Å². The van der Waals surface area contributed by atoms with Crippen LogP contribution >= 0.6 is 0 Å². The SMILES string of the molecule is CCCCCN(C)c1nc(N)ncc1C. The van der Waals surface area contributed by atoms with Crippen molar-refractivity contribution in [2.24, 2.45) is 0 Å². The molecular weight excluding hydrogens is 188 g/mol. The van der Waals surface area contributed by atoms with Crippen molar-refractivity contribution < 1.29 is 0 Å². The third-order valence-electron chi connectivity index (χ3n) is 2.42. The molecule has 0 saturated carbocycles. The quantitative estimate of drug-likeness (QED) is 0.752. The molecule has 4 nitrogen and oxygen atoms in total. The van der Waals surface area contributed by atoms with E-state index in [0.717, 1.165) is 17.9 Å². The summed E-state index contributed by atoms with van der Waals surface area (Å²) < 4.78 is 0. The van der Waals surface area contributed by atoms with Gasteiger partial charge in [0, 0.05) is 25.4 Å². The van der Waals surface area contributed by atoms with Crippen molar-refractivity contribution in [1.29, 1.82) is 0 Å². The molecule has 84 valence electrons. The predicted molar refractivity (Wildman–Crippen MR) is 64.0 cm³/mol. The highest BCUT2D eigenvalue weighted by Crippen LogP contribution is 2.15. The maximum Gasteiger partial charge on any atom is 0.221 e. The highest BCUT2D eigenvalue weighted by atomic mass is 15.2. The number of aromatic nitrogens is 2. The summed E-state index contributed by atoms with van der Waals surface area (Å²) >= 11 is 0. The fraction of sp³-hybridized carbons (Fsp3) is 0.636. The first-order valence-corrected chi connectivity index (χ1v) is 5.45. The van der Waals surface area contributed by atoms with E-state index in [9.17, 15) is 0 Å². The van der Waals surface area contributed by atoms with Crippen LogP contribution in [0.3, 0.4) is 0 Å². The number of rotatable bonds is 5. The second kappa shape index (κ2) is 5.53. The Morgan fingerprint density at radius 3 is 2.80 bits per heavy atom. The van der Waals surface area contributed by atoms with Crippen LogP contribution in [0, 0.1) is 6.92 Å². The third-order valence-corrected chi connectivity index (χ3v) is 2.42. The molecule has 0 saturated heterocycles. The average molecular weight is 208 g/mol. The fourth-order valence-electron chi connectivity index (χ4n) is 1.54. The molecule has 2 N–H and O–H groups in total. The van der Waals surface area contributed by atoms with Gasteiger partial charge in [-0.25, -0.2) is 4.98 Å². The molecule has 0 spiro atoms. The van der Waals surface area contributed by atoms with E-state index in [1.807, 2.05) is 14.0 Å². The zero-order chi connectivity index (χ0) is 11.3. The van der Waals surface area contributed by atoms with Gasteiger partial charge in [0.05, 0.1) is 0 Å². The normalized spacial score (nSPS) is 10.3. The van der Waals surface area contributed by atoms with Gasteiger partial charge in [0.1, 0.15) is 5.82 Å². The van der Waals surface area contributed by atoms with Gasteiger partial charge in [0.25, 0.3) is 0 Å². The summed E-state index contributed by atoms with van der Waals surface area (Å²) in [4.78, 5) is 10.3. The molecule has 0 aliphatic heterocycles. The van der Waals surface area contributed by atoms with E-state index < -0.39 is 0 Å². The molecule has 0 fully saturated rings. The summed E-state index contributed by atoms with van der Waals surface area (Å²) in [6.07, 6.45) is 5.45. The van der Waals surface area contributed by atoms with Crippen molar-refractivity contribution in [2.45, 2.75) is 33.1 Å². The first-order chi connectivity index (χ1) is 7.15. The lowest BCUT2D eigenvalue weighted by Gasteiger charge is -2.19. The largest absolute Gasteiger partial charge is 0.368 e. The number of nitrogens with zero attached hydrogens (tertiary/aromatic N) is 3. The molecule has 4 heteroatoms. The molecule has 0 atom stereocenters. The lowest BCUT2D eigenvalue weighted by Crippen LogP contribution is -2.21. The minimum Gasteiger partial charge on any atom is -0.368 e. The third kappa shape index (κ3) is 3.38. The fourth-order valence-corrected chi connectivity index (χ4v) is 1.54. The standard InChI is InChI=1S/C11H20N4/c1-4-5-6-7-15(3)10-9(2)8-13-11(12)14-10/h8H,4-7H2,1-3H3,(H2,12,13,14). The maximum atomic E-state index is 5.57. The molecule has 0 aromatic carbocycles. The summed E-state index contributed by atoms with van der Waals surface area (Å²) in [6, 6.07) is 0. The lowest BCUT2D eigenvalue weighted by molar-refractivity contribution is 0.700. The molecular formula is C11H20N4. The number of nitrogens with two attached hydrogens (primary N) is 1. The number of hydrogen-bond acceptors (Lipinski definition) is 4. The van der Waals surface area contributed by atoms with Gasteiger partial charge in [-0.3, -0.25) is 0 Å². The minimum atomic E-state index is 0.345. The van der Waals surface area contributed by atoms with E-state index in [1.165, 1.54) is 19.3 Å². The van der Waals surface area contributed by atoms with Gasteiger partial charge in [-0.2, -0.15) is 4.98 Å². The zero-order valence-corrected chi connectivity index (χ0v) is 9.82. The van der Waals surface area contributed by atoms with Crippen molar-refractivity contribution in [2.75, 3.05) is 24.2 Å². The van der Waals surface area contributed by atoms with Gasteiger partial charge in [-0.15, -0.1) is 0 Å². The predicted octanol–water partition coefficient (Wildman–Crippen LogP) is 1.99. The highest BCUT2D eigenvalue weighted by molar-refractivity contribution is 5.47. The monoisotopic (exact) mass is 208 g/mol. The minimum absolute atomic E-state index is 0.345. The van der Waals surface area contributed by atoms with Crippen molar-refractivity contribution >= 4 is 11.8 Å². The van der Waals surface area contributed by atoms with E-state index in [1.54, 1.807) is 6.20 Å². The molecule has 0 unspecified atom stereocenters. The Hall–Kier alpha value is -1.32. The van der Waals surface area contributed by atoms with Crippen LogP contribution in [0.1, 0.15) is 31.7 Å². The Morgan fingerprint density at radius 2 is 2.13 bits per heavy atom. The molecule has 0 bridgehead atoms. The van der Waals surface area contributed by atoms with Crippen molar-refractivity contribution in [3.63, 3.8) is 0 Å². The zero-order valence-electron chi connectivity index (χ0n) is 9.82. The number of unbranched alkanes of at least 4 members (excludes halogenated alkanes) is 2. The summed E-state index contributed by atoms with van der Waals surface area (Å²) in [6.45, 7) is 5.23. The smallest absolute Gasteiger partial charge is 0.221 e. The summed E-state index contributed by atoms with van der Waals surface area (Å²) in [5.74, 6) is 1.29. The average Bonchev–Trinajstić information content (AvgIpc) is 2.22. The van der Waals surface area contributed by atoms with Crippen molar-refractivity contribution in [1.82, 2.24) is 9.97 Å². The van der Waals surface area contributed by atoms with Gasteiger partial charge in [0.15, 0.2) is 0 Å². The molecule has 1 aromatic rings. The molecule has 0 radical (unpaired) electrons. The van der Waals surface area contributed by atoms with Gasteiger partial charge in [-0.1, -0.05) is 19.8 Å². The van der Waals surface area contributed by atoms with E-state index in [2.05, 4.69) is 21.8 Å². The summed E-state index contributed by atoms with van der Waals surface area (Å²) in [7, 11) is 2.05. The van der Waals surface area contributed by atoms with Crippen LogP contribution in [-0.4, -0.2) is 23.6 Å². The van der Waals surface area contributed by atoms with E-state index in [4.69, 9.17) is 5.73 Å². The highest BCUT2D eigenvalue weighted by Gasteiger charge is 2.06. The molecule has 0 amide bonds. The Morgan fingerprint density at radius 1 is 1.40 bits per heavy atom. The van der Waals surface area contributed by atoms with Gasteiger partial charge >= 0.3 is 0 Å². The number of hydrogen-bond donors (Lipinski definition) is 1. The van der Waals surface area contributed by atoms with Gasteiger partial charge in [-0.05, 0) is 13.3 Å². The Bertz CT molecular complexity index is 311. The second-order valence-corrected chi connectivity index (χ2v) is 3.86. The molecule has 1 heterocycles. The van der Waals surface area contributed by atoms with Crippen LogP contribution < -0.4 is 10.6 Å². The molecule has 0 aliphatic carbocycles.